The lowest BCUT2D eigenvalue weighted by Gasteiger charge is -2.09. The summed E-state index contributed by atoms with van der Waals surface area (Å²) in [6.45, 7) is 1.14. The minimum absolute atomic E-state index is 0.210. The van der Waals surface area contributed by atoms with Gasteiger partial charge in [-0.25, -0.2) is 13.8 Å². The maximum atomic E-state index is 12.5. The van der Waals surface area contributed by atoms with E-state index < -0.39 is 18.9 Å². The highest BCUT2D eigenvalue weighted by Gasteiger charge is 2.18. The molecule has 5 nitrogen and oxygen atoms in total. The first-order valence-electron chi connectivity index (χ1n) is 6.57. The number of anilines is 1. The first kappa shape index (κ1) is 14.2. The number of rotatable bonds is 4. The van der Waals surface area contributed by atoms with Crippen molar-refractivity contribution < 1.29 is 13.6 Å². The molecule has 2 aromatic heterocycles. The highest BCUT2D eigenvalue weighted by atomic mass is 32.1. The Labute approximate surface area is 124 Å². The Balaban J connectivity index is 1.74. The predicted molar refractivity (Wildman–Crippen MR) is 75.9 cm³/mol. The summed E-state index contributed by atoms with van der Waals surface area (Å²) in [5, 5.41) is 6.44. The van der Waals surface area contributed by atoms with Crippen molar-refractivity contribution in [1.29, 1.82) is 0 Å². The molecule has 0 saturated carbocycles. The quantitative estimate of drug-likeness (QED) is 0.909. The molecule has 0 radical (unpaired) electrons. The summed E-state index contributed by atoms with van der Waals surface area (Å²) in [5.41, 5.74) is 1.21. The van der Waals surface area contributed by atoms with Gasteiger partial charge in [-0.05, 0) is 12.1 Å². The molecule has 8 heteroatoms. The van der Waals surface area contributed by atoms with Gasteiger partial charge in [-0.2, -0.15) is 0 Å². The van der Waals surface area contributed by atoms with Gasteiger partial charge in [-0.1, -0.05) is 0 Å². The van der Waals surface area contributed by atoms with E-state index in [4.69, 9.17) is 0 Å². The molecule has 0 bridgehead atoms. The second kappa shape index (κ2) is 5.90. The number of hydrogen-bond acceptors (Lipinski definition) is 4. The van der Waals surface area contributed by atoms with E-state index in [0.717, 1.165) is 30.1 Å². The number of nitrogens with zero attached hydrogens (tertiary/aromatic N) is 2. The maximum Gasteiger partial charge on any atom is 0.274 e. The van der Waals surface area contributed by atoms with E-state index in [1.165, 1.54) is 28.2 Å². The van der Waals surface area contributed by atoms with E-state index in [0.29, 0.717) is 5.13 Å². The number of aromatic nitrogens is 2. The average molecular weight is 312 g/mol. The van der Waals surface area contributed by atoms with E-state index >= 15 is 0 Å². The molecule has 1 aliphatic rings. The van der Waals surface area contributed by atoms with E-state index in [2.05, 4.69) is 15.6 Å². The number of fused-ring (bicyclic) bond motifs is 1. The van der Waals surface area contributed by atoms with Crippen molar-refractivity contribution >= 4 is 22.4 Å². The lowest BCUT2D eigenvalue weighted by Crippen LogP contribution is -2.22. The van der Waals surface area contributed by atoms with Gasteiger partial charge in [0.15, 0.2) is 5.13 Å². The number of halogens is 2. The summed E-state index contributed by atoms with van der Waals surface area (Å²) in [4.78, 5) is 17.7. The zero-order valence-electron chi connectivity index (χ0n) is 11.1. The van der Waals surface area contributed by atoms with Crippen LogP contribution in [0.15, 0.2) is 18.3 Å². The molecule has 112 valence electrons. The van der Waals surface area contributed by atoms with Crippen LogP contribution in [-0.4, -0.2) is 28.4 Å². The molecule has 0 unspecified atom stereocenters. The van der Waals surface area contributed by atoms with Crippen molar-refractivity contribution in [2.75, 3.05) is 11.9 Å². The number of nitrogens with one attached hydrogen (secondary N) is 2. The lowest BCUT2D eigenvalue weighted by molar-refractivity contribution is 0.0997. The van der Waals surface area contributed by atoms with Crippen LogP contribution in [0.5, 0.6) is 0 Å². The van der Waals surface area contributed by atoms with Crippen molar-refractivity contribution in [3.8, 4) is 0 Å². The fourth-order valence-electron chi connectivity index (χ4n) is 2.27. The van der Waals surface area contributed by atoms with Gasteiger partial charge in [-0.3, -0.25) is 10.1 Å². The summed E-state index contributed by atoms with van der Waals surface area (Å²) < 4.78 is 26.2. The average Bonchev–Trinajstić information content (AvgIpc) is 3.03. The van der Waals surface area contributed by atoms with Gasteiger partial charge >= 0.3 is 0 Å². The monoisotopic (exact) mass is 312 g/mol. The summed E-state index contributed by atoms with van der Waals surface area (Å²) >= 11 is 1.42. The minimum atomic E-state index is -2.50. The lowest BCUT2D eigenvalue weighted by atomic mass is 10.2. The molecule has 0 saturated heterocycles. The number of alkyl halides is 2. The van der Waals surface area contributed by atoms with Crippen molar-refractivity contribution in [2.24, 2.45) is 0 Å². The van der Waals surface area contributed by atoms with Crippen LogP contribution >= 0.6 is 11.3 Å². The summed E-state index contributed by atoms with van der Waals surface area (Å²) in [6.07, 6.45) is -0.191. The van der Waals surface area contributed by atoms with Gasteiger partial charge in [-0.15, -0.1) is 11.3 Å². The van der Waals surface area contributed by atoms with Crippen LogP contribution in [0.1, 0.15) is 21.1 Å². The third-order valence-electron chi connectivity index (χ3n) is 3.22. The third kappa shape index (κ3) is 3.11. The Morgan fingerprint density at radius 2 is 2.43 bits per heavy atom. The Hall–Kier alpha value is -1.80. The second-order valence-corrected chi connectivity index (χ2v) is 5.79. The summed E-state index contributed by atoms with van der Waals surface area (Å²) in [7, 11) is 0. The van der Waals surface area contributed by atoms with Crippen LogP contribution in [0.2, 0.25) is 0 Å². The zero-order chi connectivity index (χ0) is 14.8. The molecule has 0 aliphatic carbocycles. The number of carbonyl (C=O) groups is 1. The second-order valence-electron chi connectivity index (χ2n) is 4.71. The van der Waals surface area contributed by atoms with Gasteiger partial charge in [0.1, 0.15) is 5.69 Å². The first-order valence-corrected chi connectivity index (χ1v) is 7.39. The van der Waals surface area contributed by atoms with E-state index in [9.17, 15) is 13.6 Å². The molecule has 2 aromatic rings. The van der Waals surface area contributed by atoms with E-state index in [-0.39, 0.29) is 5.69 Å². The molecule has 0 fully saturated rings. The fraction of sp³-hybridized carbons (Fsp3) is 0.385. The molecule has 2 N–H and O–H groups in total. The van der Waals surface area contributed by atoms with Crippen LogP contribution < -0.4 is 10.6 Å². The molecule has 1 amide bonds. The summed E-state index contributed by atoms with van der Waals surface area (Å²) in [6, 6.07) is 3.10. The van der Waals surface area contributed by atoms with Gasteiger partial charge in [0.05, 0.1) is 12.2 Å². The number of carbonyl (C=O) groups excluding carboxylic acids is 1. The van der Waals surface area contributed by atoms with Crippen molar-refractivity contribution in [2.45, 2.75) is 25.9 Å². The first-order chi connectivity index (χ1) is 10.1. The Morgan fingerprint density at radius 3 is 3.19 bits per heavy atom. The normalized spacial score (nSPS) is 14.2. The van der Waals surface area contributed by atoms with Crippen LogP contribution in [0.4, 0.5) is 13.9 Å². The number of thiazole rings is 1. The van der Waals surface area contributed by atoms with Crippen LogP contribution in [0.25, 0.3) is 0 Å². The smallest absolute Gasteiger partial charge is 0.274 e. The van der Waals surface area contributed by atoms with Crippen molar-refractivity contribution in [1.82, 2.24) is 14.9 Å². The topological polar surface area (TPSA) is 59.0 Å². The minimum Gasteiger partial charge on any atom is -0.338 e. The molecule has 3 heterocycles. The summed E-state index contributed by atoms with van der Waals surface area (Å²) in [5.74, 6) is -0.417. The zero-order valence-corrected chi connectivity index (χ0v) is 11.9. The standard InChI is InChI=1S/C13H14F2N4OS/c14-11(15)7-19-5-1-2-9(19)12(20)18-13-17-8-3-4-16-6-10(8)21-13/h1-2,5,11,16H,3-4,6-7H2,(H,17,18,20). The molecule has 0 aromatic carbocycles. The van der Waals surface area contributed by atoms with Crippen molar-refractivity contribution in [3.05, 3.63) is 34.6 Å². The molecule has 0 atom stereocenters. The van der Waals surface area contributed by atoms with Gasteiger partial charge in [0.25, 0.3) is 12.3 Å². The maximum absolute atomic E-state index is 12.5. The fourth-order valence-corrected chi connectivity index (χ4v) is 3.24. The highest BCUT2D eigenvalue weighted by molar-refractivity contribution is 7.15. The Kier molecular flexibility index (Phi) is 3.98. The highest BCUT2D eigenvalue weighted by Crippen LogP contribution is 2.25. The van der Waals surface area contributed by atoms with Crippen molar-refractivity contribution in [3.63, 3.8) is 0 Å². The number of amides is 1. The Morgan fingerprint density at radius 1 is 1.57 bits per heavy atom. The largest absolute Gasteiger partial charge is 0.338 e. The molecule has 0 spiro atoms. The SMILES string of the molecule is O=C(Nc1nc2c(s1)CNCC2)c1cccn1CC(F)F. The Bertz CT molecular complexity index is 629. The van der Waals surface area contributed by atoms with E-state index in [1.807, 2.05) is 0 Å². The third-order valence-corrected chi connectivity index (χ3v) is 4.23. The molecular weight excluding hydrogens is 298 g/mol. The molecule has 3 rings (SSSR count). The molecular formula is C13H14F2N4OS. The molecule has 21 heavy (non-hydrogen) atoms. The van der Waals surface area contributed by atoms with Crippen LogP contribution in [-0.2, 0) is 19.5 Å². The van der Waals surface area contributed by atoms with Gasteiger partial charge in [0.2, 0.25) is 0 Å². The van der Waals surface area contributed by atoms with Crippen LogP contribution in [0.3, 0.4) is 0 Å². The van der Waals surface area contributed by atoms with Gasteiger partial charge in [0, 0.05) is 30.6 Å². The number of hydrogen-bond donors (Lipinski definition) is 2. The molecule has 1 aliphatic heterocycles. The van der Waals surface area contributed by atoms with Gasteiger partial charge < -0.3 is 9.88 Å². The van der Waals surface area contributed by atoms with Crippen LogP contribution in [0, 0.1) is 0 Å². The predicted octanol–water partition coefficient (Wildman–Crippen LogP) is 2.11. The van der Waals surface area contributed by atoms with E-state index in [1.54, 1.807) is 6.07 Å².